The minimum absolute atomic E-state index is 0.563. The molecule has 1 N–H and O–H groups in total. The van der Waals surface area contributed by atoms with Crippen molar-refractivity contribution in [1.29, 1.82) is 0 Å². The van der Waals surface area contributed by atoms with Gasteiger partial charge in [0.1, 0.15) is 0 Å². The van der Waals surface area contributed by atoms with Gasteiger partial charge in [0.2, 0.25) is 5.13 Å². The van der Waals surface area contributed by atoms with Gasteiger partial charge in [-0.3, -0.25) is 5.43 Å². The normalized spacial score (nSPS) is 17.9. The van der Waals surface area contributed by atoms with Crippen molar-refractivity contribution < 1.29 is 0 Å². The lowest BCUT2D eigenvalue weighted by atomic mass is 9.93. The fourth-order valence-corrected chi connectivity index (χ4v) is 3.84. The van der Waals surface area contributed by atoms with Crippen LogP contribution in [0.4, 0.5) is 5.13 Å². The van der Waals surface area contributed by atoms with Gasteiger partial charge in [-0.1, -0.05) is 45.0 Å². The Bertz CT molecular complexity index is 655. The molecule has 1 aromatic carbocycles. The number of nitrogens with one attached hydrogen (secondary N) is 1. The predicted molar refractivity (Wildman–Crippen MR) is 95.1 cm³/mol. The van der Waals surface area contributed by atoms with E-state index < -0.39 is 0 Å². The van der Waals surface area contributed by atoms with Gasteiger partial charge in [-0.15, -0.1) is 11.3 Å². The summed E-state index contributed by atoms with van der Waals surface area (Å²) in [6, 6.07) is 8.54. The van der Waals surface area contributed by atoms with E-state index in [0.29, 0.717) is 5.92 Å². The second kappa shape index (κ2) is 6.61. The van der Waals surface area contributed by atoms with Crippen LogP contribution in [0.15, 0.2) is 29.4 Å². The van der Waals surface area contributed by atoms with Gasteiger partial charge in [0.25, 0.3) is 0 Å². The van der Waals surface area contributed by atoms with Crippen molar-refractivity contribution in [1.82, 2.24) is 4.98 Å². The molecule has 2 aromatic rings. The summed E-state index contributed by atoms with van der Waals surface area (Å²) in [6.45, 7) is 6.72. The molecule has 3 rings (SSSR count). The third-order valence-corrected chi connectivity index (χ3v) is 5.19. The highest BCUT2D eigenvalue weighted by molar-refractivity contribution is 7.15. The molecule has 1 aromatic heterocycles. The first-order chi connectivity index (χ1) is 10.6. The molecule has 1 atom stereocenters. The molecule has 3 nitrogen and oxygen atoms in total. The van der Waals surface area contributed by atoms with E-state index in [1.54, 1.807) is 11.3 Å². The zero-order chi connectivity index (χ0) is 15.5. The average Bonchev–Trinajstić information content (AvgIpc) is 2.89. The van der Waals surface area contributed by atoms with Gasteiger partial charge in [-0.2, -0.15) is 5.10 Å². The number of benzene rings is 1. The summed E-state index contributed by atoms with van der Waals surface area (Å²) < 4.78 is 0. The topological polar surface area (TPSA) is 37.3 Å². The van der Waals surface area contributed by atoms with E-state index in [-0.39, 0.29) is 0 Å². The van der Waals surface area contributed by atoms with E-state index in [1.807, 2.05) is 6.21 Å². The van der Waals surface area contributed by atoms with Crippen LogP contribution in [0.25, 0.3) is 0 Å². The SMILES string of the molecule is CC1CCc2nc(N/N=C\c3ccc(C(C)C)cc3)sc2C1. The van der Waals surface area contributed by atoms with Crippen molar-refractivity contribution in [2.45, 2.75) is 46.0 Å². The number of thiazole rings is 1. The lowest BCUT2D eigenvalue weighted by Gasteiger charge is -2.15. The summed E-state index contributed by atoms with van der Waals surface area (Å²) in [6.07, 6.45) is 5.37. The van der Waals surface area contributed by atoms with E-state index in [4.69, 9.17) is 0 Å². The molecule has 0 saturated heterocycles. The molecule has 0 amide bonds. The number of fused-ring (bicyclic) bond motifs is 1. The number of aryl methyl sites for hydroxylation is 1. The number of anilines is 1. The molecule has 0 aliphatic heterocycles. The van der Waals surface area contributed by atoms with E-state index in [9.17, 15) is 0 Å². The zero-order valence-corrected chi connectivity index (χ0v) is 14.3. The molecular weight excluding hydrogens is 290 g/mol. The van der Waals surface area contributed by atoms with Crippen LogP contribution in [0.2, 0.25) is 0 Å². The molecule has 22 heavy (non-hydrogen) atoms. The smallest absolute Gasteiger partial charge is 0.203 e. The summed E-state index contributed by atoms with van der Waals surface area (Å²) in [5.41, 5.74) is 6.80. The van der Waals surface area contributed by atoms with Gasteiger partial charge in [0.15, 0.2) is 0 Å². The van der Waals surface area contributed by atoms with E-state index in [0.717, 1.165) is 29.5 Å². The summed E-state index contributed by atoms with van der Waals surface area (Å²) in [7, 11) is 0. The highest BCUT2D eigenvalue weighted by Gasteiger charge is 2.19. The van der Waals surface area contributed by atoms with Gasteiger partial charge in [-0.25, -0.2) is 4.98 Å². The van der Waals surface area contributed by atoms with Crippen molar-refractivity contribution in [2.24, 2.45) is 11.0 Å². The summed E-state index contributed by atoms with van der Waals surface area (Å²) in [5.74, 6) is 1.34. The first-order valence-corrected chi connectivity index (χ1v) is 8.81. The minimum atomic E-state index is 0.563. The van der Waals surface area contributed by atoms with Crippen LogP contribution in [0.1, 0.15) is 54.8 Å². The third-order valence-electron chi connectivity index (χ3n) is 4.16. The highest BCUT2D eigenvalue weighted by Crippen LogP contribution is 2.32. The van der Waals surface area contributed by atoms with Crippen molar-refractivity contribution in [2.75, 3.05) is 5.43 Å². The van der Waals surface area contributed by atoms with Crippen LogP contribution in [-0.4, -0.2) is 11.2 Å². The highest BCUT2D eigenvalue weighted by atomic mass is 32.1. The molecule has 0 bridgehead atoms. The maximum Gasteiger partial charge on any atom is 0.203 e. The molecule has 1 heterocycles. The quantitative estimate of drug-likeness (QED) is 0.648. The molecule has 116 valence electrons. The van der Waals surface area contributed by atoms with Crippen LogP contribution in [0, 0.1) is 5.92 Å². The Kier molecular flexibility index (Phi) is 4.57. The maximum absolute atomic E-state index is 4.65. The zero-order valence-electron chi connectivity index (χ0n) is 13.5. The van der Waals surface area contributed by atoms with Crippen LogP contribution in [0.3, 0.4) is 0 Å². The van der Waals surface area contributed by atoms with Gasteiger partial charge in [-0.05, 0) is 42.2 Å². The Morgan fingerprint density at radius 2 is 2.09 bits per heavy atom. The van der Waals surface area contributed by atoms with Crippen LogP contribution < -0.4 is 5.43 Å². The van der Waals surface area contributed by atoms with Crippen LogP contribution in [0.5, 0.6) is 0 Å². The van der Waals surface area contributed by atoms with E-state index >= 15 is 0 Å². The number of rotatable bonds is 4. The number of hydrogen-bond donors (Lipinski definition) is 1. The molecule has 4 heteroatoms. The first kappa shape index (κ1) is 15.2. The largest absolute Gasteiger partial charge is 0.253 e. The Balaban J connectivity index is 1.62. The van der Waals surface area contributed by atoms with E-state index in [2.05, 4.69) is 60.5 Å². The number of nitrogens with zero attached hydrogens (tertiary/aromatic N) is 2. The fourth-order valence-electron chi connectivity index (χ4n) is 2.72. The third kappa shape index (κ3) is 3.55. The lowest BCUT2D eigenvalue weighted by molar-refractivity contribution is 0.502. The van der Waals surface area contributed by atoms with Gasteiger partial charge in [0.05, 0.1) is 11.9 Å². The molecule has 0 spiro atoms. The van der Waals surface area contributed by atoms with Gasteiger partial charge < -0.3 is 0 Å². The minimum Gasteiger partial charge on any atom is -0.253 e. The van der Waals surface area contributed by atoms with Crippen molar-refractivity contribution in [3.63, 3.8) is 0 Å². The Morgan fingerprint density at radius 3 is 2.82 bits per heavy atom. The Hall–Kier alpha value is -1.68. The van der Waals surface area contributed by atoms with Crippen molar-refractivity contribution >= 4 is 22.7 Å². The average molecular weight is 313 g/mol. The molecule has 0 saturated carbocycles. The van der Waals surface area contributed by atoms with E-state index in [1.165, 1.54) is 22.6 Å². The molecule has 1 unspecified atom stereocenters. The summed E-state index contributed by atoms with van der Waals surface area (Å²) in [4.78, 5) is 6.08. The Morgan fingerprint density at radius 1 is 1.32 bits per heavy atom. The van der Waals surface area contributed by atoms with Crippen molar-refractivity contribution in [3.8, 4) is 0 Å². The maximum atomic E-state index is 4.65. The monoisotopic (exact) mass is 313 g/mol. The Labute approximate surface area is 136 Å². The standard InChI is InChI=1S/C18H23N3S/c1-12(2)15-7-5-14(6-8-15)11-19-21-18-20-16-9-4-13(3)10-17(16)22-18/h5-8,11-13H,4,9-10H2,1-3H3,(H,20,21)/b19-11-. The number of hydrazone groups is 1. The molecular formula is C18H23N3S. The predicted octanol–water partition coefficient (Wildman–Crippen LogP) is 4.84. The second-order valence-electron chi connectivity index (χ2n) is 6.43. The number of hydrogen-bond acceptors (Lipinski definition) is 4. The number of aromatic nitrogens is 1. The molecule has 1 aliphatic rings. The molecule has 0 fully saturated rings. The lowest BCUT2D eigenvalue weighted by Crippen LogP contribution is -2.09. The first-order valence-electron chi connectivity index (χ1n) is 7.99. The van der Waals surface area contributed by atoms with Crippen LogP contribution >= 0.6 is 11.3 Å². The van der Waals surface area contributed by atoms with Crippen molar-refractivity contribution in [3.05, 3.63) is 46.0 Å². The fraction of sp³-hybridized carbons (Fsp3) is 0.444. The molecule has 1 aliphatic carbocycles. The second-order valence-corrected chi connectivity index (χ2v) is 7.51. The summed E-state index contributed by atoms with van der Waals surface area (Å²) in [5, 5.41) is 5.23. The van der Waals surface area contributed by atoms with Gasteiger partial charge in [0, 0.05) is 4.88 Å². The summed E-state index contributed by atoms with van der Waals surface area (Å²) >= 11 is 1.74. The van der Waals surface area contributed by atoms with Gasteiger partial charge >= 0.3 is 0 Å². The molecule has 0 radical (unpaired) electrons. The van der Waals surface area contributed by atoms with Crippen LogP contribution in [-0.2, 0) is 12.8 Å².